The van der Waals surface area contributed by atoms with Gasteiger partial charge < -0.3 is 5.73 Å². The maximum absolute atomic E-state index is 5.66. The molecule has 2 N–H and O–H groups in total. The lowest BCUT2D eigenvalue weighted by atomic mass is 9.92. The van der Waals surface area contributed by atoms with E-state index in [1.807, 2.05) is 6.07 Å². The van der Waals surface area contributed by atoms with Gasteiger partial charge in [-0.1, -0.05) is 61.5 Å². The van der Waals surface area contributed by atoms with Gasteiger partial charge in [-0.15, -0.1) is 0 Å². The Morgan fingerprint density at radius 2 is 1.50 bits per heavy atom. The van der Waals surface area contributed by atoms with Crippen LogP contribution in [0, 0.1) is 0 Å². The van der Waals surface area contributed by atoms with Crippen molar-refractivity contribution in [1.82, 2.24) is 0 Å². The van der Waals surface area contributed by atoms with Gasteiger partial charge in [0.2, 0.25) is 0 Å². The number of benzene rings is 2. The van der Waals surface area contributed by atoms with E-state index in [-0.39, 0.29) is 0 Å². The first-order valence-electron chi connectivity index (χ1n) is 6.70. The van der Waals surface area contributed by atoms with Crippen LogP contribution in [0.1, 0.15) is 31.2 Å². The van der Waals surface area contributed by atoms with Gasteiger partial charge in [0.25, 0.3) is 0 Å². The van der Waals surface area contributed by atoms with Crippen LogP contribution in [0.25, 0.3) is 11.1 Å². The normalized spacial score (nSPS) is 12.3. The highest BCUT2D eigenvalue weighted by Crippen LogP contribution is 2.26. The lowest BCUT2D eigenvalue weighted by Gasteiger charge is -2.14. The van der Waals surface area contributed by atoms with Gasteiger partial charge in [0.1, 0.15) is 0 Å². The molecular formula is C17H21N. The fourth-order valence-electron chi connectivity index (χ4n) is 2.39. The summed E-state index contributed by atoms with van der Waals surface area (Å²) in [6.45, 7) is 2.99. The molecule has 0 heterocycles. The van der Waals surface area contributed by atoms with E-state index in [0.717, 1.165) is 19.4 Å². The Morgan fingerprint density at radius 3 is 2.06 bits per heavy atom. The zero-order valence-electron chi connectivity index (χ0n) is 11.0. The molecule has 2 aromatic carbocycles. The van der Waals surface area contributed by atoms with Crippen molar-refractivity contribution in [1.29, 1.82) is 0 Å². The first-order chi connectivity index (χ1) is 8.85. The van der Waals surface area contributed by atoms with E-state index in [4.69, 9.17) is 5.73 Å². The minimum absolute atomic E-state index is 0.597. The van der Waals surface area contributed by atoms with Crippen molar-refractivity contribution in [3.63, 3.8) is 0 Å². The SMILES string of the molecule is CCC(CCN)c1ccc(-c2ccccc2)cc1. The molecular weight excluding hydrogens is 218 g/mol. The number of hydrogen-bond acceptors (Lipinski definition) is 1. The van der Waals surface area contributed by atoms with Crippen LogP contribution in [-0.4, -0.2) is 6.54 Å². The number of nitrogens with two attached hydrogens (primary N) is 1. The summed E-state index contributed by atoms with van der Waals surface area (Å²) in [5.41, 5.74) is 9.62. The largest absolute Gasteiger partial charge is 0.330 e. The molecule has 1 heteroatoms. The number of hydrogen-bond donors (Lipinski definition) is 1. The van der Waals surface area contributed by atoms with Crippen LogP contribution in [0.3, 0.4) is 0 Å². The van der Waals surface area contributed by atoms with Gasteiger partial charge in [0, 0.05) is 0 Å². The molecule has 1 atom stereocenters. The summed E-state index contributed by atoms with van der Waals surface area (Å²) < 4.78 is 0. The monoisotopic (exact) mass is 239 g/mol. The molecule has 0 bridgehead atoms. The Balaban J connectivity index is 2.19. The highest BCUT2D eigenvalue weighted by molar-refractivity contribution is 5.63. The molecule has 0 aromatic heterocycles. The van der Waals surface area contributed by atoms with E-state index < -0.39 is 0 Å². The Hall–Kier alpha value is -1.60. The minimum atomic E-state index is 0.597. The quantitative estimate of drug-likeness (QED) is 0.831. The van der Waals surface area contributed by atoms with Crippen LogP contribution < -0.4 is 5.73 Å². The van der Waals surface area contributed by atoms with Gasteiger partial charge in [-0.25, -0.2) is 0 Å². The molecule has 0 aliphatic carbocycles. The standard InChI is InChI=1S/C17H21N/c1-2-14(12-13-18)16-8-10-17(11-9-16)15-6-4-3-5-7-15/h3-11,14H,2,12-13,18H2,1H3. The molecule has 2 aromatic rings. The molecule has 1 unspecified atom stereocenters. The van der Waals surface area contributed by atoms with Gasteiger partial charge in [0.05, 0.1) is 0 Å². The maximum Gasteiger partial charge on any atom is -0.00714 e. The summed E-state index contributed by atoms with van der Waals surface area (Å²) >= 11 is 0. The van der Waals surface area contributed by atoms with Gasteiger partial charge in [0.15, 0.2) is 0 Å². The molecule has 0 saturated heterocycles. The van der Waals surface area contributed by atoms with E-state index >= 15 is 0 Å². The van der Waals surface area contributed by atoms with E-state index in [2.05, 4.69) is 55.5 Å². The molecule has 0 fully saturated rings. The van der Waals surface area contributed by atoms with Crippen molar-refractivity contribution in [3.8, 4) is 11.1 Å². The Bertz CT molecular complexity index is 459. The van der Waals surface area contributed by atoms with E-state index in [1.165, 1.54) is 16.7 Å². The lowest BCUT2D eigenvalue weighted by Crippen LogP contribution is -2.06. The molecule has 0 spiro atoms. The van der Waals surface area contributed by atoms with Gasteiger partial charge in [-0.2, -0.15) is 0 Å². The van der Waals surface area contributed by atoms with Crippen molar-refractivity contribution >= 4 is 0 Å². The van der Waals surface area contributed by atoms with E-state index in [0.29, 0.717) is 5.92 Å². The summed E-state index contributed by atoms with van der Waals surface area (Å²) in [5, 5.41) is 0. The summed E-state index contributed by atoms with van der Waals surface area (Å²) in [6, 6.07) is 19.4. The van der Waals surface area contributed by atoms with Crippen molar-refractivity contribution in [3.05, 3.63) is 60.2 Å². The van der Waals surface area contributed by atoms with Gasteiger partial charge in [-0.05, 0) is 42.0 Å². The number of rotatable bonds is 5. The zero-order chi connectivity index (χ0) is 12.8. The molecule has 0 radical (unpaired) electrons. The lowest BCUT2D eigenvalue weighted by molar-refractivity contribution is 0.614. The molecule has 0 aliphatic heterocycles. The second kappa shape index (κ2) is 6.36. The third-order valence-electron chi connectivity index (χ3n) is 3.50. The Labute approximate surface area is 110 Å². The second-order valence-corrected chi connectivity index (χ2v) is 4.67. The van der Waals surface area contributed by atoms with Crippen molar-refractivity contribution in [2.24, 2.45) is 5.73 Å². The predicted octanol–water partition coefficient (Wildman–Crippen LogP) is 4.20. The molecule has 0 aliphatic rings. The minimum Gasteiger partial charge on any atom is -0.330 e. The summed E-state index contributed by atoms with van der Waals surface area (Å²) in [6.07, 6.45) is 2.23. The van der Waals surface area contributed by atoms with Crippen LogP contribution in [0.5, 0.6) is 0 Å². The first-order valence-corrected chi connectivity index (χ1v) is 6.70. The smallest absolute Gasteiger partial charge is 0.00714 e. The van der Waals surface area contributed by atoms with Crippen LogP contribution in [0.2, 0.25) is 0 Å². The van der Waals surface area contributed by atoms with E-state index in [1.54, 1.807) is 0 Å². The molecule has 94 valence electrons. The first kappa shape index (κ1) is 12.8. The van der Waals surface area contributed by atoms with Gasteiger partial charge in [-0.3, -0.25) is 0 Å². The van der Waals surface area contributed by atoms with Crippen LogP contribution in [0.15, 0.2) is 54.6 Å². The Kier molecular flexibility index (Phi) is 4.54. The van der Waals surface area contributed by atoms with Crippen LogP contribution in [0.4, 0.5) is 0 Å². The highest BCUT2D eigenvalue weighted by atomic mass is 14.5. The molecule has 18 heavy (non-hydrogen) atoms. The highest BCUT2D eigenvalue weighted by Gasteiger charge is 2.08. The average molecular weight is 239 g/mol. The van der Waals surface area contributed by atoms with Crippen molar-refractivity contribution in [2.45, 2.75) is 25.7 Å². The van der Waals surface area contributed by atoms with Gasteiger partial charge >= 0.3 is 0 Å². The summed E-state index contributed by atoms with van der Waals surface area (Å²) in [5.74, 6) is 0.597. The fraction of sp³-hybridized carbons (Fsp3) is 0.294. The molecule has 1 nitrogen and oxygen atoms in total. The molecule has 0 amide bonds. The third kappa shape index (κ3) is 2.99. The fourth-order valence-corrected chi connectivity index (χ4v) is 2.39. The van der Waals surface area contributed by atoms with Crippen molar-refractivity contribution in [2.75, 3.05) is 6.54 Å². The van der Waals surface area contributed by atoms with Crippen molar-refractivity contribution < 1.29 is 0 Å². The zero-order valence-corrected chi connectivity index (χ0v) is 11.0. The second-order valence-electron chi connectivity index (χ2n) is 4.67. The predicted molar refractivity (Wildman–Crippen MR) is 78.6 cm³/mol. The van der Waals surface area contributed by atoms with Crippen LogP contribution >= 0.6 is 0 Å². The topological polar surface area (TPSA) is 26.0 Å². The average Bonchev–Trinajstić information content (AvgIpc) is 2.46. The molecule has 0 saturated carbocycles. The Morgan fingerprint density at radius 1 is 0.889 bits per heavy atom. The maximum atomic E-state index is 5.66. The summed E-state index contributed by atoms with van der Waals surface area (Å²) in [7, 11) is 0. The summed E-state index contributed by atoms with van der Waals surface area (Å²) in [4.78, 5) is 0. The van der Waals surface area contributed by atoms with Crippen LogP contribution in [-0.2, 0) is 0 Å². The van der Waals surface area contributed by atoms with E-state index in [9.17, 15) is 0 Å². The molecule has 2 rings (SSSR count). The third-order valence-corrected chi connectivity index (χ3v) is 3.50.